The Morgan fingerprint density at radius 1 is 1.10 bits per heavy atom. The van der Waals surface area contributed by atoms with Crippen LogP contribution in [0.3, 0.4) is 0 Å². The third kappa shape index (κ3) is 3.77. The smallest absolute Gasteiger partial charge is 0.330 e. The second-order valence-corrected chi connectivity index (χ2v) is 5.93. The summed E-state index contributed by atoms with van der Waals surface area (Å²) in [6, 6.07) is 5.81. The van der Waals surface area contributed by atoms with Gasteiger partial charge >= 0.3 is 12.0 Å². The predicted octanol–water partition coefficient (Wildman–Crippen LogP) is 0.362. The first-order chi connectivity index (χ1) is 9.92. The van der Waals surface area contributed by atoms with Crippen LogP contribution in [0.15, 0.2) is 29.2 Å². The molecular formula is C11H13N5O4S. The summed E-state index contributed by atoms with van der Waals surface area (Å²) in [5, 5.41) is 0. The van der Waals surface area contributed by atoms with Crippen LogP contribution in [-0.4, -0.2) is 36.7 Å². The lowest BCUT2D eigenvalue weighted by molar-refractivity contribution is 0.360. The first-order valence-electron chi connectivity index (χ1n) is 5.67. The molecule has 0 fully saturated rings. The van der Waals surface area contributed by atoms with Gasteiger partial charge in [-0.25, -0.2) is 14.3 Å². The molecule has 0 unspecified atom stereocenters. The molecule has 0 atom stereocenters. The number of anilines is 1. The lowest BCUT2D eigenvalue weighted by atomic mass is 10.3. The van der Waals surface area contributed by atoms with Crippen LogP contribution in [-0.2, 0) is 9.84 Å². The Bertz CT molecular complexity index is 711. The number of hydrogen-bond acceptors (Lipinski definition) is 9. The predicted molar refractivity (Wildman–Crippen MR) is 73.8 cm³/mol. The van der Waals surface area contributed by atoms with Crippen molar-refractivity contribution in [2.24, 2.45) is 5.84 Å². The van der Waals surface area contributed by atoms with Gasteiger partial charge in [0.25, 0.3) is 0 Å². The van der Waals surface area contributed by atoms with E-state index >= 15 is 0 Å². The van der Waals surface area contributed by atoms with Crippen molar-refractivity contribution in [3.8, 4) is 17.8 Å². The molecule has 0 amide bonds. The van der Waals surface area contributed by atoms with Crippen LogP contribution < -0.4 is 20.7 Å². The molecule has 0 saturated carbocycles. The summed E-state index contributed by atoms with van der Waals surface area (Å²) in [5.74, 6) is 5.66. The first-order valence-corrected chi connectivity index (χ1v) is 7.56. The molecule has 0 spiro atoms. The van der Waals surface area contributed by atoms with Gasteiger partial charge in [0.2, 0.25) is 5.95 Å². The lowest BCUT2D eigenvalue weighted by Gasteiger charge is -2.07. The topological polar surface area (TPSA) is 129 Å². The average Bonchev–Trinajstić information content (AvgIpc) is 2.46. The van der Waals surface area contributed by atoms with E-state index in [0.29, 0.717) is 5.75 Å². The van der Waals surface area contributed by atoms with Crippen LogP contribution in [0.4, 0.5) is 5.95 Å². The highest BCUT2D eigenvalue weighted by atomic mass is 32.2. The number of nitrogens with one attached hydrogen (secondary N) is 1. The Labute approximate surface area is 121 Å². The Morgan fingerprint density at radius 3 is 2.24 bits per heavy atom. The number of hydrogen-bond donors (Lipinski definition) is 2. The van der Waals surface area contributed by atoms with Crippen molar-refractivity contribution in [1.29, 1.82) is 0 Å². The van der Waals surface area contributed by atoms with Crippen molar-refractivity contribution in [1.82, 2.24) is 15.0 Å². The number of rotatable bonds is 5. The van der Waals surface area contributed by atoms with E-state index in [1.54, 1.807) is 0 Å². The highest BCUT2D eigenvalue weighted by molar-refractivity contribution is 7.90. The molecule has 112 valence electrons. The Balaban J connectivity index is 2.25. The SMILES string of the molecule is COc1nc(NN)nc(Oc2ccc(S(C)(=O)=O)cc2)n1. The fourth-order valence-electron chi connectivity index (χ4n) is 1.40. The van der Waals surface area contributed by atoms with Crippen LogP contribution in [0.2, 0.25) is 0 Å². The van der Waals surface area contributed by atoms with E-state index in [9.17, 15) is 8.42 Å². The van der Waals surface area contributed by atoms with Crippen LogP contribution in [0.25, 0.3) is 0 Å². The zero-order valence-electron chi connectivity index (χ0n) is 11.3. The average molecular weight is 311 g/mol. The van der Waals surface area contributed by atoms with E-state index in [0.717, 1.165) is 6.26 Å². The zero-order valence-corrected chi connectivity index (χ0v) is 12.1. The number of nitrogen functional groups attached to an aromatic ring is 1. The molecule has 1 heterocycles. The summed E-state index contributed by atoms with van der Waals surface area (Å²) in [6.45, 7) is 0. The quantitative estimate of drug-likeness (QED) is 0.593. The second-order valence-electron chi connectivity index (χ2n) is 3.92. The molecule has 0 radical (unpaired) electrons. The molecule has 2 rings (SSSR count). The molecule has 21 heavy (non-hydrogen) atoms. The van der Waals surface area contributed by atoms with Gasteiger partial charge in [-0.1, -0.05) is 0 Å². The van der Waals surface area contributed by atoms with E-state index < -0.39 is 9.84 Å². The number of sulfone groups is 1. The van der Waals surface area contributed by atoms with Gasteiger partial charge in [0.15, 0.2) is 9.84 Å². The third-order valence-electron chi connectivity index (χ3n) is 2.37. The van der Waals surface area contributed by atoms with Gasteiger partial charge in [-0.05, 0) is 24.3 Å². The molecule has 0 bridgehead atoms. The van der Waals surface area contributed by atoms with Gasteiger partial charge in [0.05, 0.1) is 12.0 Å². The van der Waals surface area contributed by atoms with Gasteiger partial charge in [-0.2, -0.15) is 9.97 Å². The van der Waals surface area contributed by atoms with Gasteiger partial charge in [-0.15, -0.1) is 4.98 Å². The molecule has 3 N–H and O–H groups in total. The first kappa shape index (κ1) is 14.9. The summed E-state index contributed by atoms with van der Waals surface area (Å²) in [7, 11) is -1.87. The molecule has 9 nitrogen and oxygen atoms in total. The summed E-state index contributed by atoms with van der Waals surface area (Å²) in [6.07, 6.45) is 1.12. The molecule has 1 aromatic heterocycles. The fourth-order valence-corrected chi connectivity index (χ4v) is 2.03. The molecule has 10 heteroatoms. The maximum Gasteiger partial charge on any atom is 0.330 e. The van der Waals surface area contributed by atoms with Crippen LogP contribution in [0.5, 0.6) is 17.8 Å². The molecule has 2 aromatic rings. The highest BCUT2D eigenvalue weighted by Crippen LogP contribution is 2.22. The minimum absolute atomic E-state index is 0.0284. The number of benzene rings is 1. The molecule has 0 aliphatic carbocycles. The van der Waals surface area contributed by atoms with E-state index in [1.807, 2.05) is 0 Å². The lowest BCUT2D eigenvalue weighted by Crippen LogP contribution is -2.12. The van der Waals surface area contributed by atoms with Crippen molar-refractivity contribution in [2.75, 3.05) is 18.8 Å². The highest BCUT2D eigenvalue weighted by Gasteiger charge is 2.10. The van der Waals surface area contributed by atoms with Gasteiger partial charge in [0.1, 0.15) is 5.75 Å². The maximum atomic E-state index is 11.4. The maximum absolute atomic E-state index is 11.4. The standard InChI is InChI=1S/C11H13N5O4S/c1-19-10-13-9(16-12)14-11(15-10)20-7-3-5-8(6-4-7)21(2,17)18/h3-6H,12H2,1-2H3,(H,13,14,15,16). The van der Waals surface area contributed by atoms with Gasteiger partial charge in [0, 0.05) is 6.26 Å². The van der Waals surface area contributed by atoms with Crippen LogP contribution in [0, 0.1) is 0 Å². The Hall–Kier alpha value is -2.46. The molecule has 0 saturated heterocycles. The van der Waals surface area contributed by atoms with E-state index in [1.165, 1.54) is 31.4 Å². The van der Waals surface area contributed by atoms with Crippen LogP contribution >= 0.6 is 0 Å². The van der Waals surface area contributed by atoms with Gasteiger partial charge < -0.3 is 9.47 Å². The van der Waals surface area contributed by atoms with Crippen molar-refractivity contribution >= 4 is 15.8 Å². The van der Waals surface area contributed by atoms with E-state index in [-0.39, 0.29) is 22.9 Å². The minimum atomic E-state index is -3.26. The zero-order chi connectivity index (χ0) is 15.5. The number of nitrogens with two attached hydrogens (primary N) is 1. The molecule has 0 aliphatic rings. The molecule has 0 aliphatic heterocycles. The van der Waals surface area contributed by atoms with E-state index in [2.05, 4.69) is 20.4 Å². The number of methoxy groups -OCH3 is 1. The largest absolute Gasteiger partial charge is 0.467 e. The van der Waals surface area contributed by atoms with E-state index in [4.69, 9.17) is 15.3 Å². The third-order valence-corrected chi connectivity index (χ3v) is 3.50. The molecular weight excluding hydrogens is 298 g/mol. The summed E-state index contributed by atoms with van der Waals surface area (Å²) >= 11 is 0. The van der Waals surface area contributed by atoms with Gasteiger partial charge in [-0.3, -0.25) is 5.43 Å². The Morgan fingerprint density at radius 2 is 1.71 bits per heavy atom. The number of hydrazine groups is 1. The van der Waals surface area contributed by atoms with Crippen LogP contribution in [0.1, 0.15) is 0 Å². The normalized spacial score (nSPS) is 11.0. The van der Waals surface area contributed by atoms with Crippen molar-refractivity contribution in [3.63, 3.8) is 0 Å². The summed E-state index contributed by atoms with van der Waals surface area (Å²) in [4.78, 5) is 11.8. The van der Waals surface area contributed by atoms with Crippen molar-refractivity contribution in [3.05, 3.63) is 24.3 Å². The van der Waals surface area contributed by atoms with Crippen molar-refractivity contribution in [2.45, 2.75) is 4.90 Å². The monoisotopic (exact) mass is 311 g/mol. The Kier molecular flexibility index (Phi) is 4.19. The molecule has 1 aromatic carbocycles. The second kappa shape index (κ2) is 5.89. The van der Waals surface area contributed by atoms with Crippen molar-refractivity contribution < 1.29 is 17.9 Å². The number of aromatic nitrogens is 3. The summed E-state index contributed by atoms with van der Waals surface area (Å²) in [5.41, 5.74) is 2.26. The summed E-state index contributed by atoms with van der Waals surface area (Å²) < 4.78 is 33.0. The minimum Gasteiger partial charge on any atom is -0.467 e. The fraction of sp³-hybridized carbons (Fsp3) is 0.182. The number of nitrogens with zero attached hydrogens (tertiary/aromatic N) is 3. The number of ether oxygens (including phenoxy) is 2.